The molecule has 0 aliphatic rings. The SMILES string of the molecule is CCNC(NCC)=[NH+]CC[NH+]=C(NCC)NCC.O=C([O-])CS(=O)(=O)c1ccc(Cc2ccccc2)cc1. The summed E-state index contributed by atoms with van der Waals surface area (Å²) < 4.78 is 23.4. The van der Waals surface area contributed by atoms with Crippen LogP contribution in [-0.4, -0.2) is 71.3 Å². The second-order valence-electron chi connectivity index (χ2n) is 8.16. The Morgan fingerprint density at radius 1 is 0.711 bits per heavy atom. The zero-order valence-electron chi connectivity index (χ0n) is 22.9. The molecule has 0 heterocycles. The molecule has 0 amide bonds. The molecular formula is C27H43N6O4S+. The van der Waals surface area contributed by atoms with Gasteiger partial charge in [0.25, 0.3) is 0 Å². The third kappa shape index (κ3) is 13.6. The standard InChI is InChI=1S/C15H14O4S.C12H28N6/c16-15(17)11-20(18,19)14-8-6-13(7-9-14)10-12-4-2-1-3-5-12;1-5-13-11(14-6-2)17-9-10-18-12(15-7-3)16-8-4/h1-9H,10-11H2,(H,16,17);5-10H2,1-4H3,(H2,13,14,17)(H2,15,16,18)/p+1. The van der Waals surface area contributed by atoms with Crippen LogP contribution < -0.4 is 36.4 Å². The molecule has 2 aromatic rings. The van der Waals surface area contributed by atoms with Gasteiger partial charge in [-0.3, -0.25) is 31.3 Å². The highest BCUT2D eigenvalue weighted by Crippen LogP contribution is 2.15. The van der Waals surface area contributed by atoms with Crippen LogP contribution in [0.1, 0.15) is 38.8 Å². The maximum Gasteiger partial charge on any atom is 0.343 e. The second kappa shape index (κ2) is 18.6. The fourth-order valence-electron chi connectivity index (χ4n) is 3.34. The zero-order chi connectivity index (χ0) is 28.2. The summed E-state index contributed by atoms with van der Waals surface area (Å²) in [6.45, 7) is 13.7. The molecular weight excluding hydrogens is 504 g/mol. The lowest BCUT2D eigenvalue weighted by Gasteiger charge is -2.07. The quantitative estimate of drug-likeness (QED) is 0.0941. The Morgan fingerprint density at radius 3 is 1.53 bits per heavy atom. The van der Waals surface area contributed by atoms with Gasteiger partial charge < -0.3 is 9.90 Å². The van der Waals surface area contributed by atoms with E-state index in [2.05, 4.69) is 58.9 Å². The lowest BCUT2D eigenvalue weighted by atomic mass is 10.1. The number of nitrogens with one attached hydrogen (secondary N) is 6. The van der Waals surface area contributed by atoms with Crippen LogP contribution in [0.2, 0.25) is 0 Å². The van der Waals surface area contributed by atoms with E-state index in [1.54, 1.807) is 12.1 Å². The van der Waals surface area contributed by atoms with Gasteiger partial charge >= 0.3 is 11.9 Å². The number of aliphatic carboxylic acids is 1. The second-order valence-corrected chi connectivity index (χ2v) is 10.2. The predicted octanol–water partition coefficient (Wildman–Crippen LogP) is -2.90. The van der Waals surface area contributed by atoms with E-state index in [-0.39, 0.29) is 4.90 Å². The van der Waals surface area contributed by atoms with Crippen molar-refractivity contribution < 1.29 is 28.3 Å². The van der Waals surface area contributed by atoms with Crippen LogP contribution in [0.4, 0.5) is 0 Å². The number of rotatable bonds is 12. The van der Waals surface area contributed by atoms with Crippen LogP contribution in [0.15, 0.2) is 59.5 Å². The summed E-state index contributed by atoms with van der Waals surface area (Å²) in [6, 6.07) is 16.0. The third-order valence-electron chi connectivity index (χ3n) is 4.98. The molecule has 2 aromatic carbocycles. The number of hydrogen-bond acceptors (Lipinski definition) is 4. The van der Waals surface area contributed by atoms with Gasteiger partial charge in [-0.25, -0.2) is 8.42 Å². The molecule has 0 aliphatic carbocycles. The molecule has 38 heavy (non-hydrogen) atoms. The molecule has 10 nitrogen and oxygen atoms in total. The van der Waals surface area contributed by atoms with Gasteiger partial charge in [0.05, 0.1) is 55.9 Å². The van der Waals surface area contributed by atoms with Crippen LogP contribution in [0.5, 0.6) is 0 Å². The highest BCUT2D eigenvalue weighted by atomic mass is 32.2. The molecule has 0 fully saturated rings. The highest BCUT2D eigenvalue weighted by Gasteiger charge is 2.14. The monoisotopic (exact) mass is 547 g/mol. The van der Waals surface area contributed by atoms with E-state index < -0.39 is 21.6 Å². The van der Waals surface area contributed by atoms with Gasteiger partial charge in [-0.15, -0.1) is 0 Å². The lowest BCUT2D eigenvalue weighted by Crippen LogP contribution is -2.88. The Balaban J connectivity index is 0.000000383. The van der Waals surface area contributed by atoms with E-state index >= 15 is 0 Å². The van der Waals surface area contributed by atoms with Crippen LogP contribution in [0.3, 0.4) is 0 Å². The summed E-state index contributed by atoms with van der Waals surface area (Å²) in [4.78, 5) is 17.1. The van der Waals surface area contributed by atoms with Gasteiger partial charge in [0.15, 0.2) is 9.84 Å². The molecule has 0 saturated heterocycles. The van der Waals surface area contributed by atoms with Crippen LogP contribution in [-0.2, 0) is 21.1 Å². The van der Waals surface area contributed by atoms with Crippen molar-refractivity contribution in [3.8, 4) is 0 Å². The number of carbonyl (C=O) groups excluding carboxylic acids is 1. The Hall–Kier alpha value is -3.60. The smallest absolute Gasteiger partial charge is 0.343 e. The molecule has 2 rings (SSSR count). The van der Waals surface area contributed by atoms with Crippen molar-refractivity contribution in [3.05, 3.63) is 65.7 Å². The summed E-state index contributed by atoms with van der Waals surface area (Å²) in [6.07, 6.45) is 0.696. The van der Waals surface area contributed by atoms with Crippen molar-refractivity contribution >= 4 is 27.7 Å². The van der Waals surface area contributed by atoms with Crippen molar-refractivity contribution in [1.82, 2.24) is 21.3 Å². The maximum atomic E-state index is 11.7. The number of sulfone groups is 1. The number of hydrogen-bond donors (Lipinski definition) is 6. The normalized spacial score (nSPS) is 10.3. The molecule has 0 aliphatic heterocycles. The first-order valence-electron chi connectivity index (χ1n) is 13.0. The predicted molar refractivity (Wildman–Crippen MR) is 149 cm³/mol. The van der Waals surface area contributed by atoms with E-state index in [4.69, 9.17) is 0 Å². The van der Waals surface area contributed by atoms with Crippen LogP contribution in [0, 0.1) is 0 Å². The minimum atomic E-state index is -3.81. The summed E-state index contributed by atoms with van der Waals surface area (Å²) in [5.41, 5.74) is 2.08. The topological polar surface area (TPSA) is 150 Å². The molecule has 0 radical (unpaired) electrons. The fraction of sp³-hybridized carbons (Fsp3) is 0.444. The van der Waals surface area contributed by atoms with Crippen molar-refractivity contribution in [3.63, 3.8) is 0 Å². The van der Waals surface area contributed by atoms with E-state index in [0.717, 1.165) is 62.3 Å². The maximum absolute atomic E-state index is 11.7. The first-order valence-corrected chi connectivity index (χ1v) is 14.6. The number of benzene rings is 2. The summed E-state index contributed by atoms with van der Waals surface area (Å²) in [5.74, 6) is -0.603. The molecule has 0 unspecified atom stereocenters. The van der Waals surface area contributed by atoms with E-state index in [1.807, 2.05) is 30.3 Å². The molecule has 6 N–H and O–H groups in total. The zero-order valence-corrected chi connectivity index (χ0v) is 23.7. The number of carboxylic acids is 1. The van der Waals surface area contributed by atoms with Gasteiger partial charge in [-0.05, 0) is 57.4 Å². The van der Waals surface area contributed by atoms with Gasteiger partial charge in [0.1, 0.15) is 0 Å². The van der Waals surface area contributed by atoms with Crippen LogP contribution in [0.25, 0.3) is 0 Å². The first kappa shape index (κ1) is 32.4. The molecule has 0 spiro atoms. The molecule has 0 bridgehead atoms. The van der Waals surface area contributed by atoms with E-state index in [9.17, 15) is 18.3 Å². The molecule has 0 atom stereocenters. The largest absolute Gasteiger partial charge is 0.549 e. The van der Waals surface area contributed by atoms with Gasteiger partial charge in [-0.1, -0.05) is 42.5 Å². The summed E-state index contributed by atoms with van der Waals surface area (Å²) in [5, 5.41) is 23.4. The lowest BCUT2D eigenvalue weighted by molar-refractivity contribution is -0.542. The number of guanidine groups is 2. The highest BCUT2D eigenvalue weighted by molar-refractivity contribution is 7.92. The minimum Gasteiger partial charge on any atom is -0.549 e. The van der Waals surface area contributed by atoms with Crippen molar-refractivity contribution in [2.24, 2.45) is 0 Å². The Kier molecular flexibility index (Phi) is 15.9. The van der Waals surface area contributed by atoms with Crippen molar-refractivity contribution in [2.75, 3.05) is 45.0 Å². The Morgan fingerprint density at radius 2 is 1.13 bits per heavy atom. The molecule has 0 saturated carbocycles. The molecule has 11 heteroatoms. The Labute approximate surface area is 227 Å². The summed E-state index contributed by atoms with van der Waals surface area (Å²) >= 11 is 0. The van der Waals surface area contributed by atoms with Gasteiger partial charge in [-0.2, -0.15) is 0 Å². The fourth-order valence-corrected chi connectivity index (χ4v) is 4.37. The average molecular weight is 548 g/mol. The van der Waals surface area contributed by atoms with Crippen molar-refractivity contribution in [2.45, 2.75) is 39.0 Å². The van der Waals surface area contributed by atoms with E-state index in [1.165, 1.54) is 12.1 Å². The third-order valence-corrected chi connectivity index (χ3v) is 6.59. The Bertz CT molecular complexity index is 1060. The van der Waals surface area contributed by atoms with Crippen LogP contribution >= 0.6 is 0 Å². The van der Waals surface area contributed by atoms with Gasteiger partial charge in [0, 0.05) is 0 Å². The van der Waals surface area contributed by atoms with Gasteiger partial charge in [0.2, 0.25) is 0 Å². The first-order chi connectivity index (χ1) is 18.2. The summed E-state index contributed by atoms with van der Waals surface area (Å²) in [7, 11) is -3.81. The number of carboxylic acid groups (broad SMARTS) is 1. The minimum absolute atomic E-state index is 0.00138. The number of carbonyl (C=O) groups is 1. The average Bonchev–Trinajstić information content (AvgIpc) is 2.88. The van der Waals surface area contributed by atoms with Crippen molar-refractivity contribution in [1.29, 1.82) is 0 Å². The molecule has 0 aromatic heterocycles. The van der Waals surface area contributed by atoms with E-state index in [0.29, 0.717) is 6.42 Å². The molecule has 210 valence electrons.